The van der Waals surface area contributed by atoms with Crippen LogP contribution in [0.2, 0.25) is 5.02 Å². The lowest BCUT2D eigenvalue weighted by Gasteiger charge is -2.39. The van der Waals surface area contributed by atoms with Crippen LogP contribution in [-0.2, 0) is 4.74 Å². The van der Waals surface area contributed by atoms with Gasteiger partial charge in [-0.25, -0.2) is 4.79 Å². The van der Waals surface area contributed by atoms with E-state index in [1.807, 2.05) is 6.07 Å². The van der Waals surface area contributed by atoms with E-state index in [4.69, 9.17) is 21.4 Å². The third kappa shape index (κ3) is 2.30. The fraction of sp³-hybridized carbons (Fsp3) is 0.500. The van der Waals surface area contributed by atoms with E-state index in [1.165, 1.54) is 6.42 Å². The minimum absolute atomic E-state index is 0.154. The summed E-state index contributed by atoms with van der Waals surface area (Å²) in [5, 5.41) is 9.30. The molecule has 0 radical (unpaired) electrons. The first kappa shape index (κ1) is 12.8. The van der Waals surface area contributed by atoms with E-state index in [9.17, 15) is 4.79 Å². The summed E-state index contributed by atoms with van der Waals surface area (Å²) in [5.41, 5.74) is 1.15. The number of carboxylic acid groups (broad SMARTS) is 1. The van der Waals surface area contributed by atoms with Crippen LogP contribution in [0.1, 0.15) is 29.6 Å². The van der Waals surface area contributed by atoms with Crippen LogP contribution in [0, 0.1) is 0 Å². The highest BCUT2D eigenvalue weighted by Gasteiger charge is 2.36. The molecular weight excluding hydrogens is 266 g/mol. The van der Waals surface area contributed by atoms with Gasteiger partial charge in [0.05, 0.1) is 29.3 Å². The number of carboxylic acids is 1. The van der Waals surface area contributed by atoms with E-state index in [-0.39, 0.29) is 5.56 Å². The van der Waals surface area contributed by atoms with Crippen molar-refractivity contribution in [3.8, 4) is 0 Å². The van der Waals surface area contributed by atoms with Gasteiger partial charge in [-0.3, -0.25) is 0 Å². The number of hydrogen-bond donors (Lipinski definition) is 1. The first-order valence-corrected chi connectivity index (χ1v) is 6.95. The Hall–Kier alpha value is -1.26. The fourth-order valence-corrected chi connectivity index (χ4v) is 3.36. The maximum absolute atomic E-state index is 11.0. The first-order valence-electron chi connectivity index (χ1n) is 6.58. The molecule has 2 atom stereocenters. The number of carbonyl (C=O) groups is 1. The lowest BCUT2D eigenvalue weighted by Crippen LogP contribution is -2.48. The smallest absolute Gasteiger partial charge is 0.337 e. The van der Waals surface area contributed by atoms with Crippen molar-refractivity contribution >= 4 is 23.3 Å². The van der Waals surface area contributed by atoms with Crippen LogP contribution in [0.4, 0.5) is 5.69 Å². The molecule has 1 saturated heterocycles. The lowest BCUT2D eigenvalue weighted by molar-refractivity contribution is 0.0256. The monoisotopic (exact) mass is 281 g/mol. The second kappa shape index (κ2) is 5.02. The number of benzene rings is 1. The summed E-state index contributed by atoms with van der Waals surface area (Å²) in [5.74, 6) is -0.989. The molecule has 2 unspecified atom stereocenters. The number of aromatic carboxylic acids is 1. The number of nitrogens with zero attached hydrogens (tertiary/aromatic N) is 1. The molecular formula is C14H16ClNO3. The zero-order chi connectivity index (χ0) is 13.4. The van der Waals surface area contributed by atoms with Crippen LogP contribution in [0.5, 0.6) is 0 Å². The summed E-state index contributed by atoms with van der Waals surface area (Å²) < 4.78 is 5.78. The molecule has 2 aliphatic rings. The van der Waals surface area contributed by atoms with Crippen molar-refractivity contribution < 1.29 is 14.6 Å². The Balaban J connectivity index is 1.89. The average Bonchev–Trinajstić information content (AvgIpc) is 2.86. The third-order valence-electron chi connectivity index (χ3n) is 4.00. The number of ether oxygens (including phenoxy) is 1. The van der Waals surface area contributed by atoms with Gasteiger partial charge in [0.1, 0.15) is 0 Å². The number of hydrogen-bond acceptors (Lipinski definition) is 3. The van der Waals surface area contributed by atoms with Gasteiger partial charge in [-0.05, 0) is 37.5 Å². The van der Waals surface area contributed by atoms with Crippen molar-refractivity contribution in [3.63, 3.8) is 0 Å². The van der Waals surface area contributed by atoms with Crippen LogP contribution in [0.3, 0.4) is 0 Å². The van der Waals surface area contributed by atoms with Crippen molar-refractivity contribution in [1.29, 1.82) is 0 Å². The van der Waals surface area contributed by atoms with Gasteiger partial charge >= 0.3 is 5.97 Å². The highest BCUT2D eigenvalue weighted by molar-refractivity contribution is 6.33. The van der Waals surface area contributed by atoms with E-state index < -0.39 is 5.97 Å². The third-order valence-corrected chi connectivity index (χ3v) is 4.31. The molecule has 1 aromatic rings. The van der Waals surface area contributed by atoms with Gasteiger partial charge in [0.2, 0.25) is 0 Å². The van der Waals surface area contributed by atoms with Crippen molar-refractivity contribution in [3.05, 3.63) is 28.8 Å². The van der Waals surface area contributed by atoms with Crippen LogP contribution >= 0.6 is 11.6 Å². The zero-order valence-corrected chi connectivity index (χ0v) is 11.3. The lowest BCUT2D eigenvalue weighted by atomic mass is 10.1. The highest BCUT2D eigenvalue weighted by atomic mass is 35.5. The van der Waals surface area contributed by atoms with Crippen molar-refractivity contribution in [1.82, 2.24) is 0 Å². The van der Waals surface area contributed by atoms with E-state index in [1.54, 1.807) is 12.1 Å². The zero-order valence-electron chi connectivity index (χ0n) is 10.5. The molecule has 19 heavy (non-hydrogen) atoms. The summed E-state index contributed by atoms with van der Waals surface area (Å²) in [4.78, 5) is 13.3. The Morgan fingerprint density at radius 2 is 2.26 bits per heavy atom. The summed E-state index contributed by atoms with van der Waals surface area (Å²) in [7, 11) is 0. The SMILES string of the molecule is O=C(O)c1ccc(N2CCOC3CCCC32)cc1Cl. The number of fused-ring (bicyclic) bond motifs is 1. The molecule has 0 spiro atoms. The maximum atomic E-state index is 11.0. The molecule has 3 rings (SSSR count). The first-order chi connectivity index (χ1) is 9.16. The second-order valence-corrected chi connectivity index (χ2v) is 5.48. The molecule has 4 nitrogen and oxygen atoms in total. The molecule has 5 heteroatoms. The normalized spacial score (nSPS) is 26.3. The summed E-state index contributed by atoms with van der Waals surface area (Å²) in [6, 6.07) is 5.58. The number of anilines is 1. The van der Waals surface area contributed by atoms with Crippen molar-refractivity contribution in [2.24, 2.45) is 0 Å². The van der Waals surface area contributed by atoms with E-state index in [2.05, 4.69) is 4.90 Å². The minimum Gasteiger partial charge on any atom is -0.478 e. The minimum atomic E-state index is -0.989. The molecule has 1 aromatic carbocycles. The number of halogens is 1. The van der Waals surface area contributed by atoms with Crippen LogP contribution in [0.25, 0.3) is 0 Å². The molecule has 0 aromatic heterocycles. The van der Waals surface area contributed by atoms with Gasteiger partial charge < -0.3 is 14.7 Å². The van der Waals surface area contributed by atoms with E-state index in [0.717, 1.165) is 31.7 Å². The van der Waals surface area contributed by atoms with Gasteiger partial charge in [-0.15, -0.1) is 0 Å². The molecule has 1 aliphatic carbocycles. The highest BCUT2D eigenvalue weighted by Crippen LogP contribution is 2.34. The van der Waals surface area contributed by atoms with E-state index in [0.29, 0.717) is 17.2 Å². The second-order valence-electron chi connectivity index (χ2n) is 5.07. The molecule has 1 saturated carbocycles. The Bertz CT molecular complexity index is 505. The van der Waals surface area contributed by atoms with Gasteiger partial charge in [-0.2, -0.15) is 0 Å². The van der Waals surface area contributed by atoms with E-state index >= 15 is 0 Å². The molecule has 1 aliphatic heterocycles. The molecule has 1 N–H and O–H groups in total. The van der Waals surface area contributed by atoms with Crippen LogP contribution in [0.15, 0.2) is 18.2 Å². The standard InChI is InChI=1S/C14H16ClNO3/c15-11-8-9(4-5-10(11)14(17)18)16-6-7-19-13-3-1-2-12(13)16/h4-5,8,12-13H,1-3,6-7H2,(H,17,18). The Kier molecular flexibility index (Phi) is 3.37. The number of rotatable bonds is 2. The molecule has 0 amide bonds. The fourth-order valence-electron chi connectivity index (χ4n) is 3.10. The molecule has 1 heterocycles. The largest absolute Gasteiger partial charge is 0.478 e. The maximum Gasteiger partial charge on any atom is 0.337 e. The van der Waals surface area contributed by atoms with Gasteiger partial charge in [0, 0.05) is 12.2 Å². The predicted octanol–water partition coefficient (Wildman–Crippen LogP) is 2.80. The topological polar surface area (TPSA) is 49.8 Å². The molecule has 2 fully saturated rings. The van der Waals surface area contributed by atoms with Crippen LogP contribution < -0.4 is 4.90 Å². The quantitative estimate of drug-likeness (QED) is 0.906. The van der Waals surface area contributed by atoms with Gasteiger partial charge in [0.15, 0.2) is 0 Å². The Labute approximate surface area is 116 Å². The Morgan fingerprint density at radius 3 is 3.00 bits per heavy atom. The predicted molar refractivity (Wildman–Crippen MR) is 73.1 cm³/mol. The summed E-state index contributed by atoms with van der Waals surface area (Å²) in [6.07, 6.45) is 3.74. The summed E-state index contributed by atoms with van der Waals surface area (Å²) >= 11 is 6.05. The van der Waals surface area contributed by atoms with Gasteiger partial charge in [0.25, 0.3) is 0 Å². The average molecular weight is 282 g/mol. The van der Waals surface area contributed by atoms with Crippen molar-refractivity contribution in [2.45, 2.75) is 31.4 Å². The molecule has 102 valence electrons. The Morgan fingerprint density at radius 1 is 1.42 bits per heavy atom. The number of morpholine rings is 1. The summed E-state index contributed by atoms with van der Waals surface area (Å²) in [6.45, 7) is 1.56. The van der Waals surface area contributed by atoms with Crippen LogP contribution in [-0.4, -0.2) is 36.4 Å². The van der Waals surface area contributed by atoms with Gasteiger partial charge in [-0.1, -0.05) is 11.6 Å². The molecule has 0 bridgehead atoms. The van der Waals surface area contributed by atoms with Crippen molar-refractivity contribution in [2.75, 3.05) is 18.1 Å².